The predicted octanol–water partition coefficient (Wildman–Crippen LogP) is 3.73. The number of carbonyl (C=O) groups is 1. The summed E-state index contributed by atoms with van der Waals surface area (Å²) in [5.41, 5.74) is 2.08. The second-order valence-electron chi connectivity index (χ2n) is 7.97. The van der Waals surface area contributed by atoms with Crippen LogP contribution in [0.25, 0.3) is 0 Å². The summed E-state index contributed by atoms with van der Waals surface area (Å²) in [6.07, 6.45) is -0.191. The van der Waals surface area contributed by atoms with Gasteiger partial charge in [0, 0.05) is 29.5 Å². The number of hydrogen-bond acceptors (Lipinski definition) is 6. The van der Waals surface area contributed by atoms with Gasteiger partial charge in [-0.1, -0.05) is 6.92 Å². The van der Waals surface area contributed by atoms with Crippen LogP contribution >= 0.6 is 0 Å². The Bertz CT molecular complexity index is 1020. The summed E-state index contributed by atoms with van der Waals surface area (Å²) in [5, 5.41) is 0. The van der Waals surface area contributed by atoms with Crippen LogP contribution in [0.3, 0.4) is 0 Å². The normalized spacial score (nSPS) is 24.3. The minimum Gasteiger partial charge on any atom is -0.493 e. The Hall–Kier alpha value is -2.96. The number of halogens is 1. The molecule has 0 N–H and O–H groups in total. The lowest BCUT2D eigenvalue weighted by Gasteiger charge is -2.37. The van der Waals surface area contributed by atoms with Gasteiger partial charge in [0.1, 0.15) is 36.1 Å². The topological polar surface area (TPSA) is 63.2 Å². The Labute approximate surface area is 173 Å². The molecule has 3 aliphatic rings. The highest BCUT2D eigenvalue weighted by Crippen LogP contribution is 2.49. The van der Waals surface area contributed by atoms with E-state index in [1.165, 1.54) is 0 Å². The molecule has 158 valence electrons. The SMILES string of the molecule is COc1cc2c(cc1OC)[C@@H]1C(=O)c3ccc4c(c3O[C@@H]1CO2)C[C@H](C(C)CF)O4. The molecule has 0 aliphatic carbocycles. The largest absolute Gasteiger partial charge is 0.493 e. The van der Waals surface area contributed by atoms with Gasteiger partial charge in [0.25, 0.3) is 0 Å². The van der Waals surface area contributed by atoms with Gasteiger partial charge in [0.05, 0.1) is 32.4 Å². The maximum Gasteiger partial charge on any atom is 0.178 e. The molecule has 0 saturated carbocycles. The van der Waals surface area contributed by atoms with Gasteiger partial charge in [-0.2, -0.15) is 0 Å². The van der Waals surface area contributed by atoms with Crippen LogP contribution in [0.4, 0.5) is 4.39 Å². The number of Topliss-reactive ketones (excluding diaryl/α,β-unsaturated/α-hetero) is 1. The average molecular weight is 414 g/mol. The van der Waals surface area contributed by atoms with Crippen LogP contribution < -0.4 is 23.7 Å². The van der Waals surface area contributed by atoms with Crippen molar-refractivity contribution in [1.82, 2.24) is 0 Å². The summed E-state index contributed by atoms with van der Waals surface area (Å²) in [4.78, 5) is 13.5. The van der Waals surface area contributed by atoms with E-state index in [2.05, 4.69) is 0 Å². The Morgan fingerprint density at radius 1 is 1.13 bits per heavy atom. The fourth-order valence-electron chi connectivity index (χ4n) is 4.51. The van der Waals surface area contributed by atoms with Gasteiger partial charge in [0.15, 0.2) is 17.3 Å². The standard InChI is InChI=1S/C23H23FO6/c1-11(9-24)16-7-14-15(29-16)5-4-12-22(25)21-13-6-18(26-2)19(27-3)8-17(13)28-10-20(21)30-23(12)14/h4-6,8,11,16,20-21H,7,9-10H2,1-3H3/t11?,16-,20-,21+/m1/s1. The van der Waals surface area contributed by atoms with Crippen molar-refractivity contribution in [3.8, 4) is 28.7 Å². The van der Waals surface area contributed by atoms with Gasteiger partial charge in [-0.25, -0.2) is 0 Å². The Morgan fingerprint density at radius 3 is 2.63 bits per heavy atom. The van der Waals surface area contributed by atoms with Crippen molar-refractivity contribution in [3.05, 3.63) is 41.0 Å². The molecule has 2 aromatic carbocycles. The maximum atomic E-state index is 13.5. The van der Waals surface area contributed by atoms with Gasteiger partial charge in [-0.15, -0.1) is 0 Å². The van der Waals surface area contributed by atoms with Crippen LogP contribution in [0, 0.1) is 5.92 Å². The molecule has 3 heterocycles. The number of fused-ring (bicyclic) bond motifs is 6. The molecular weight excluding hydrogens is 391 g/mol. The first-order valence-corrected chi connectivity index (χ1v) is 10.0. The van der Waals surface area contributed by atoms with Crippen LogP contribution in [0.1, 0.15) is 34.3 Å². The van der Waals surface area contributed by atoms with Crippen molar-refractivity contribution >= 4 is 5.78 Å². The van der Waals surface area contributed by atoms with E-state index in [1.54, 1.807) is 38.5 Å². The molecule has 3 aliphatic heterocycles. The second-order valence-corrected chi connectivity index (χ2v) is 7.97. The van der Waals surface area contributed by atoms with Crippen molar-refractivity contribution in [2.75, 3.05) is 27.5 Å². The van der Waals surface area contributed by atoms with Crippen molar-refractivity contribution < 1.29 is 32.9 Å². The molecule has 4 atom stereocenters. The van der Waals surface area contributed by atoms with Crippen LogP contribution in [-0.4, -0.2) is 45.5 Å². The van der Waals surface area contributed by atoms with Gasteiger partial charge in [-0.05, 0) is 18.2 Å². The van der Waals surface area contributed by atoms with Crippen molar-refractivity contribution in [2.45, 2.75) is 31.5 Å². The predicted molar refractivity (Wildman–Crippen MR) is 106 cm³/mol. The van der Waals surface area contributed by atoms with Crippen molar-refractivity contribution in [2.24, 2.45) is 5.92 Å². The molecule has 30 heavy (non-hydrogen) atoms. The smallest absolute Gasteiger partial charge is 0.178 e. The third-order valence-electron chi connectivity index (χ3n) is 6.22. The Morgan fingerprint density at radius 2 is 1.90 bits per heavy atom. The average Bonchev–Trinajstić information content (AvgIpc) is 3.22. The van der Waals surface area contributed by atoms with Gasteiger partial charge >= 0.3 is 0 Å². The molecule has 2 aromatic rings. The zero-order valence-corrected chi connectivity index (χ0v) is 17.1. The highest BCUT2D eigenvalue weighted by molar-refractivity contribution is 6.06. The van der Waals surface area contributed by atoms with Gasteiger partial charge in [0.2, 0.25) is 0 Å². The summed E-state index contributed by atoms with van der Waals surface area (Å²) in [6.45, 7) is 1.60. The van der Waals surface area contributed by atoms with Gasteiger partial charge < -0.3 is 23.7 Å². The number of carbonyl (C=O) groups excluding carboxylic acids is 1. The van der Waals surface area contributed by atoms with E-state index in [0.717, 1.165) is 11.1 Å². The van der Waals surface area contributed by atoms with E-state index < -0.39 is 18.7 Å². The molecule has 0 aromatic heterocycles. The van der Waals surface area contributed by atoms with Crippen molar-refractivity contribution in [1.29, 1.82) is 0 Å². The fraction of sp³-hybridized carbons (Fsp3) is 0.435. The van der Waals surface area contributed by atoms with E-state index in [1.807, 2.05) is 6.92 Å². The van der Waals surface area contributed by atoms with E-state index in [9.17, 15) is 9.18 Å². The van der Waals surface area contributed by atoms with E-state index in [4.69, 9.17) is 23.7 Å². The molecule has 1 unspecified atom stereocenters. The maximum absolute atomic E-state index is 13.5. The third-order valence-corrected chi connectivity index (χ3v) is 6.22. The number of ketones is 1. The molecule has 0 fully saturated rings. The molecule has 7 heteroatoms. The van der Waals surface area contributed by atoms with E-state index in [0.29, 0.717) is 40.7 Å². The highest BCUT2D eigenvalue weighted by Gasteiger charge is 2.45. The van der Waals surface area contributed by atoms with E-state index >= 15 is 0 Å². The summed E-state index contributed by atoms with van der Waals surface area (Å²) in [6, 6.07) is 7.06. The zero-order chi connectivity index (χ0) is 21.0. The summed E-state index contributed by atoms with van der Waals surface area (Å²) >= 11 is 0. The first-order valence-electron chi connectivity index (χ1n) is 10.0. The zero-order valence-electron chi connectivity index (χ0n) is 17.1. The lowest BCUT2D eigenvalue weighted by atomic mass is 9.81. The summed E-state index contributed by atoms with van der Waals surface area (Å²) in [5.74, 6) is 2.12. The molecule has 0 radical (unpaired) electrons. The molecule has 6 nitrogen and oxygen atoms in total. The number of rotatable bonds is 4. The number of hydrogen-bond donors (Lipinski definition) is 0. The number of ether oxygens (including phenoxy) is 5. The number of methoxy groups -OCH3 is 2. The molecular formula is C23H23FO6. The molecule has 0 saturated heterocycles. The Balaban J connectivity index is 1.55. The third kappa shape index (κ3) is 2.71. The van der Waals surface area contributed by atoms with Crippen LogP contribution in [0.5, 0.6) is 28.7 Å². The minimum atomic E-state index is -0.498. The highest BCUT2D eigenvalue weighted by atomic mass is 19.1. The molecule has 0 amide bonds. The second kappa shape index (κ2) is 7.07. The molecule has 0 spiro atoms. The quantitative estimate of drug-likeness (QED) is 0.760. The lowest BCUT2D eigenvalue weighted by molar-refractivity contribution is 0.0554. The van der Waals surface area contributed by atoms with Gasteiger partial charge in [-0.3, -0.25) is 9.18 Å². The van der Waals surface area contributed by atoms with Crippen LogP contribution in [0.15, 0.2) is 24.3 Å². The fourth-order valence-corrected chi connectivity index (χ4v) is 4.51. The summed E-state index contributed by atoms with van der Waals surface area (Å²) < 4.78 is 42.0. The van der Waals surface area contributed by atoms with E-state index in [-0.39, 0.29) is 24.4 Å². The Kier molecular flexibility index (Phi) is 4.49. The summed E-state index contributed by atoms with van der Waals surface area (Å²) in [7, 11) is 3.11. The van der Waals surface area contributed by atoms with Crippen molar-refractivity contribution in [3.63, 3.8) is 0 Å². The minimum absolute atomic E-state index is 0.0252. The first-order chi connectivity index (χ1) is 14.5. The molecule has 0 bridgehead atoms. The van der Waals surface area contributed by atoms with Crippen LogP contribution in [0.2, 0.25) is 0 Å². The van der Waals surface area contributed by atoms with Crippen LogP contribution in [-0.2, 0) is 6.42 Å². The number of alkyl halides is 1. The lowest BCUT2D eigenvalue weighted by Crippen LogP contribution is -2.43. The number of benzene rings is 2. The monoisotopic (exact) mass is 414 g/mol. The first kappa shape index (κ1) is 19.0. The molecule has 5 rings (SSSR count).